The molecular weight excluding hydrogens is 264 g/mol. The molecule has 0 radical (unpaired) electrons. The van der Waals surface area contributed by atoms with Crippen molar-refractivity contribution >= 4 is 0 Å². The SMILES string of the molecule is CCCC(CC)c1ccc(C(CCC)c2ccccc2)cc1. The summed E-state index contributed by atoms with van der Waals surface area (Å²) in [7, 11) is 0. The zero-order chi connectivity index (χ0) is 15.8. The number of benzene rings is 2. The van der Waals surface area contributed by atoms with Gasteiger partial charge in [0.05, 0.1) is 0 Å². The van der Waals surface area contributed by atoms with Crippen LogP contribution in [0.2, 0.25) is 0 Å². The molecule has 0 aliphatic rings. The van der Waals surface area contributed by atoms with E-state index in [1.165, 1.54) is 48.8 Å². The van der Waals surface area contributed by atoms with Gasteiger partial charge in [0.15, 0.2) is 0 Å². The van der Waals surface area contributed by atoms with E-state index in [0.29, 0.717) is 5.92 Å². The lowest BCUT2D eigenvalue weighted by molar-refractivity contribution is 0.595. The van der Waals surface area contributed by atoms with Crippen LogP contribution in [0, 0.1) is 0 Å². The highest BCUT2D eigenvalue weighted by molar-refractivity contribution is 5.35. The summed E-state index contributed by atoms with van der Waals surface area (Å²) < 4.78 is 0. The average Bonchev–Trinajstić information content (AvgIpc) is 2.58. The molecule has 0 nitrogen and oxygen atoms in total. The first-order valence-corrected chi connectivity index (χ1v) is 8.94. The maximum atomic E-state index is 2.37. The molecule has 0 aliphatic heterocycles. The summed E-state index contributed by atoms with van der Waals surface area (Å²) in [6, 6.07) is 20.4. The Morgan fingerprint density at radius 3 is 1.73 bits per heavy atom. The second-order valence-electron chi connectivity index (χ2n) is 6.31. The number of hydrogen-bond acceptors (Lipinski definition) is 0. The third-order valence-electron chi connectivity index (χ3n) is 4.72. The van der Waals surface area contributed by atoms with Gasteiger partial charge in [0.1, 0.15) is 0 Å². The Morgan fingerprint density at radius 1 is 0.636 bits per heavy atom. The highest BCUT2D eigenvalue weighted by Gasteiger charge is 2.14. The van der Waals surface area contributed by atoms with E-state index in [1.54, 1.807) is 0 Å². The second kappa shape index (κ2) is 8.78. The van der Waals surface area contributed by atoms with Crippen LogP contribution in [0.1, 0.15) is 81.4 Å². The summed E-state index contributed by atoms with van der Waals surface area (Å²) in [5.74, 6) is 1.26. The topological polar surface area (TPSA) is 0 Å². The predicted octanol–water partition coefficient (Wildman–Crippen LogP) is 6.91. The lowest BCUT2D eigenvalue weighted by Gasteiger charge is -2.19. The number of rotatable bonds is 8. The second-order valence-corrected chi connectivity index (χ2v) is 6.31. The highest BCUT2D eigenvalue weighted by Crippen LogP contribution is 2.31. The number of hydrogen-bond donors (Lipinski definition) is 0. The molecule has 0 fully saturated rings. The zero-order valence-electron chi connectivity index (χ0n) is 14.4. The van der Waals surface area contributed by atoms with Crippen molar-refractivity contribution in [3.05, 3.63) is 71.3 Å². The molecule has 0 saturated heterocycles. The van der Waals surface area contributed by atoms with Gasteiger partial charge in [-0.1, -0.05) is 88.2 Å². The largest absolute Gasteiger partial charge is 0.0654 e. The predicted molar refractivity (Wildman–Crippen MR) is 97.6 cm³/mol. The third kappa shape index (κ3) is 4.22. The summed E-state index contributed by atoms with van der Waals surface area (Å²) in [4.78, 5) is 0. The van der Waals surface area contributed by atoms with E-state index in [-0.39, 0.29) is 0 Å². The molecular formula is C22H30. The Kier molecular flexibility index (Phi) is 6.71. The summed E-state index contributed by atoms with van der Waals surface area (Å²) in [6.45, 7) is 6.86. The Morgan fingerprint density at radius 2 is 1.18 bits per heavy atom. The lowest BCUT2D eigenvalue weighted by atomic mass is 9.85. The van der Waals surface area contributed by atoms with Gasteiger partial charge in [0.2, 0.25) is 0 Å². The van der Waals surface area contributed by atoms with E-state index in [4.69, 9.17) is 0 Å². The minimum atomic E-state index is 0.534. The molecule has 2 unspecified atom stereocenters. The molecule has 2 atom stereocenters. The Balaban J connectivity index is 2.22. The Labute approximate surface area is 136 Å². The van der Waals surface area contributed by atoms with Gasteiger partial charge in [0.25, 0.3) is 0 Å². The van der Waals surface area contributed by atoms with E-state index in [1.807, 2.05) is 0 Å². The molecule has 2 rings (SSSR count). The van der Waals surface area contributed by atoms with Gasteiger partial charge in [-0.2, -0.15) is 0 Å². The first-order chi connectivity index (χ1) is 10.8. The van der Waals surface area contributed by atoms with Crippen LogP contribution in [0.5, 0.6) is 0 Å². The molecule has 2 aromatic rings. The van der Waals surface area contributed by atoms with Crippen molar-refractivity contribution in [2.45, 2.75) is 64.7 Å². The first kappa shape index (κ1) is 16.8. The molecule has 0 heterocycles. The van der Waals surface area contributed by atoms with Gasteiger partial charge < -0.3 is 0 Å². The fraction of sp³-hybridized carbons (Fsp3) is 0.455. The van der Waals surface area contributed by atoms with Crippen molar-refractivity contribution in [2.75, 3.05) is 0 Å². The van der Waals surface area contributed by atoms with Crippen LogP contribution in [0.15, 0.2) is 54.6 Å². The summed E-state index contributed by atoms with van der Waals surface area (Å²) in [5.41, 5.74) is 4.41. The van der Waals surface area contributed by atoms with Crippen LogP contribution in [-0.4, -0.2) is 0 Å². The zero-order valence-corrected chi connectivity index (χ0v) is 14.4. The monoisotopic (exact) mass is 294 g/mol. The molecule has 0 N–H and O–H groups in total. The van der Waals surface area contributed by atoms with Crippen molar-refractivity contribution in [3.63, 3.8) is 0 Å². The van der Waals surface area contributed by atoms with E-state index in [9.17, 15) is 0 Å². The normalized spacial score (nSPS) is 13.8. The van der Waals surface area contributed by atoms with Crippen molar-refractivity contribution < 1.29 is 0 Å². The maximum Gasteiger partial charge on any atom is 0.00892 e. The van der Waals surface area contributed by atoms with Gasteiger partial charge in [-0.05, 0) is 41.9 Å². The molecule has 0 aromatic heterocycles. The average molecular weight is 294 g/mol. The van der Waals surface area contributed by atoms with Gasteiger partial charge in [-0.3, -0.25) is 0 Å². The van der Waals surface area contributed by atoms with Crippen LogP contribution in [0.25, 0.3) is 0 Å². The summed E-state index contributed by atoms with van der Waals surface area (Å²) in [5, 5.41) is 0. The van der Waals surface area contributed by atoms with E-state index < -0.39 is 0 Å². The van der Waals surface area contributed by atoms with Crippen molar-refractivity contribution in [1.29, 1.82) is 0 Å². The van der Waals surface area contributed by atoms with Gasteiger partial charge >= 0.3 is 0 Å². The first-order valence-electron chi connectivity index (χ1n) is 8.94. The lowest BCUT2D eigenvalue weighted by Crippen LogP contribution is -2.02. The smallest absolute Gasteiger partial charge is 0.00892 e. The van der Waals surface area contributed by atoms with Crippen LogP contribution in [0.4, 0.5) is 0 Å². The molecule has 0 amide bonds. The minimum Gasteiger partial charge on any atom is -0.0654 e. The maximum absolute atomic E-state index is 2.37. The van der Waals surface area contributed by atoms with Crippen molar-refractivity contribution in [1.82, 2.24) is 0 Å². The van der Waals surface area contributed by atoms with Crippen LogP contribution >= 0.6 is 0 Å². The molecule has 0 aliphatic carbocycles. The minimum absolute atomic E-state index is 0.534. The molecule has 118 valence electrons. The van der Waals surface area contributed by atoms with Crippen LogP contribution in [-0.2, 0) is 0 Å². The van der Waals surface area contributed by atoms with Crippen LogP contribution in [0.3, 0.4) is 0 Å². The quantitative estimate of drug-likeness (QED) is 0.496. The Hall–Kier alpha value is -1.56. The van der Waals surface area contributed by atoms with E-state index in [0.717, 1.165) is 5.92 Å². The fourth-order valence-corrected chi connectivity index (χ4v) is 3.46. The fourth-order valence-electron chi connectivity index (χ4n) is 3.46. The van der Waals surface area contributed by atoms with Crippen molar-refractivity contribution in [2.24, 2.45) is 0 Å². The summed E-state index contributed by atoms with van der Waals surface area (Å²) >= 11 is 0. The molecule has 2 aromatic carbocycles. The highest BCUT2D eigenvalue weighted by atomic mass is 14.2. The Bertz CT molecular complexity index is 524. The molecule has 22 heavy (non-hydrogen) atoms. The van der Waals surface area contributed by atoms with Crippen molar-refractivity contribution in [3.8, 4) is 0 Å². The van der Waals surface area contributed by atoms with E-state index in [2.05, 4.69) is 75.4 Å². The molecule has 0 bridgehead atoms. The molecule has 0 saturated carbocycles. The van der Waals surface area contributed by atoms with Crippen LogP contribution < -0.4 is 0 Å². The third-order valence-corrected chi connectivity index (χ3v) is 4.72. The molecule has 0 heteroatoms. The van der Waals surface area contributed by atoms with E-state index >= 15 is 0 Å². The standard InChI is InChI=1S/C22H30/c1-4-10-18(6-3)19-14-16-21(17-15-19)22(11-5-2)20-12-8-7-9-13-20/h7-9,12-18,22H,4-6,10-11H2,1-3H3. The molecule has 0 spiro atoms. The van der Waals surface area contributed by atoms with Gasteiger partial charge in [0, 0.05) is 5.92 Å². The van der Waals surface area contributed by atoms with Gasteiger partial charge in [-0.25, -0.2) is 0 Å². The van der Waals surface area contributed by atoms with Gasteiger partial charge in [-0.15, -0.1) is 0 Å². The summed E-state index contributed by atoms with van der Waals surface area (Å²) in [6.07, 6.45) is 6.24.